The summed E-state index contributed by atoms with van der Waals surface area (Å²) < 4.78 is 31.8. The maximum atomic E-state index is 13.4. The molecule has 1 unspecified atom stereocenters. The third-order valence-corrected chi connectivity index (χ3v) is 5.10. The second-order valence-corrected chi connectivity index (χ2v) is 6.75. The molecule has 2 fully saturated rings. The van der Waals surface area contributed by atoms with Gasteiger partial charge in [-0.2, -0.15) is 4.98 Å². The molecule has 0 spiro atoms. The Morgan fingerprint density at radius 2 is 2.00 bits per heavy atom. The molecule has 2 N–H and O–H groups in total. The van der Waals surface area contributed by atoms with Crippen LogP contribution in [0.1, 0.15) is 49.7 Å². The summed E-state index contributed by atoms with van der Waals surface area (Å²) in [6.45, 7) is 0.375. The number of nitrogens with zero attached hydrogens (tertiary/aromatic N) is 3. The molecule has 8 heteroatoms. The van der Waals surface area contributed by atoms with E-state index in [1.807, 2.05) is 0 Å². The van der Waals surface area contributed by atoms with Crippen LogP contribution in [0.25, 0.3) is 0 Å². The number of halogens is 2. The summed E-state index contributed by atoms with van der Waals surface area (Å²) >= 11 is 0. The summed E-state index contributed by atoms with van der Waals surface area (Å²) in [5.41, 5.74) is 6.06. The van der Waals surface area contributed by atoms with Gasteiger partial charge in [0.1, 0.15) is 5.92 Å². The van der Waals surface area contributed by atoms with E-state index in [-0.39, 0.29) is 11.8 Å². The van der Waals surface area contributed by atoms with E-state index in [1.54, 1.807) is 0 Å². The zero-order valence-electron chi connectivity index (χ0n) is 13.5. The third kappa shape index (κ3) is 2.70. The fraction of sp³-hybridized carbons (Fsp3) is 0.471. The number of carbonyl (C=O) groups is 1. The molecule has 1 aliphatic heterocycles. The molecule has 25 heavy (non-hydrogen) atoms. The highest BCUT2D eigenvalue weighted by Gasteiger charge is 2.41. The van der Waals surface area contributed by atoms with Gasteiger partial charge in [0.25, 0.3) is 0 Å². The molecule has 2 aliphatic rings. The Labute approximate surface area is 143 Å². The zero-order valence-corrected chi connectivity index (χ0v) is 13.5. The molecule has 1 aromatic carbocycles. The van der Waals surface area contributed by atoms with E-state index in [0.29, 0.717) is 24.5 Å². The molecule has 1 atom stereocenters. The molecule has 1 aliphatic carbocycles. The van der Waals surface area contributed by atoms with Gasteiger partial charge in [-0.05, 0) is 31.4 Å². The van der Waals surface area contributed by atoms with E-state index in [1.165, 1.54) is 11.0 Å². The van der Waals surface area contributed by atoms with Gasteiger partial charge in [0.2, 0.25) is 11.8 Å². The number of anilines is 1. The topological polar surface area (TPSA) is 85.2 Å². The minimum atomic E-state index is -0.986. The molecule has 0 bridgehead atoms. The van der Waals surface area contributed by atoms with Crippen LogP contribution in [0, 0.1) is 11.6 Å². The minimum absolute atomic E-state index is 0.238. The zero-order chi connectivity index (χ0) is 17.6. The fourth-order valence-electron chi connectivity index (χ4n) is 3.63. The highest BCUT2D eigenvalue weighted by Crippen LogP contribution is 2.37. The van der Waals surface area contributed by atoms with Crippen LogP contribution >= 0.6 is 0 Å². The lowest BCUT2D eigenvalue weighted by atomic mass is 9.98. The molecule has 2 aromatic rings. The maximum Gasteiger partial charge on any atom is 0.239 e. The number of carbonyl (C=O) groups excluding carboxylic acids is 1. The van der Waals surface area contributed by atoms with Crippen molar-refractivity contribution in [3.8, 4) is 0 Å². The lowest BCUT2D eigenvalue weighted by molar-refractivity contribution is -0.118. The third-order valence-electron chi connectivity index (χ3n) is 5.10. The number of hydrogen-bond acceptors (Lipinski definition) is 5. The van der Waals surface area contributed by atoms with Crippen molar-refractivity contribution in [2.45, 2.75) is 43.6 Å². The Kier molecular flexibility index (Phi) is 3.79. The van der Waals surface area contributed by atoms with E-state index < -0.39 is 23.1 Å². The van der Waals surface area contributed by atoms with Gasteiger partial charge in [-0.15, -0.1) is 0 Å². The van der Waals surface area contributed by atoms with E-state index in [0.717, 1.165) is 37.8 Å². The fourth-order valence-corrected chi connectivity index (χ4v) is 3.63. The van der Waals surface area contributed by atoms with Crippen molar-refractivity contribution in [1.82, 2.24) is 10.1 Å². The Hall–Kier alpha value is -2.35. The van der Waals surface area contributed by atoms with Gasteiger partial charge in [0.15, 0.2) is 17.5 Å². The van der Waals surface area contributed by atoms with Gasteiger partial charge in [-0.1, -0.05) is 18.0 Å². The van der Waals surface area contributed by atoms with Crippen molar-refractivity contribution in [3.63, 3.8) is 0 Å². The second kappa shape index (κ2) is 5.87. The number of benzene rings is 1. The van der Waals surface area contributed by atoms with E-state index in [2.05, 4.69) is 10.1 Å². The predicted octanol–water partition coefficient (Wildman–Crippen LogP) is 2.60. The molecule has 132 valence electrons. The van der Waals surface area contributed by atoms with Crippen molar-refractivity contribution in [3.05, 3.63) is 41.5 Å². The van der Waals surface area contributed by atoms with E-state index >= 15 is 0 Å². The molecule has 0 radical (unpaired) electrons. The molecule has 2 heterocycles. The standard InChI is InChI=1S/C17H18F2N4O2/c18-12-4-3-10(9-13(12)19)23-8-5-11(15(23)24)14-21-16(22-25-14)17(20)6-1-2-7-17/h3-4,9,11H,1-2,5-8,20H2. The van der Waals surface area contributed by atoms with Crippen molar-refractivity contribution < 1.29 is 18.1 Å². The first-order valence-corrected chi connectivity index (χ1v) is 8.37. The number of hydrogen-bond donors (Lipinski definition) is 1. The molecular weight excluding hydrogens is 330 g/mol. The van der Waals surface area contributed by atoms with Crippen LogP contribution in [0.5, 0.6) is 0 Å². The Bertz CT molecular complexity index is 817. The van der Waals surface area contributed by atoms with E-state index in [9.17, 15) is 13.6 Å². The quantitative estimate of drug-likeness (QED) is 0.921. The normalized spacial score (nSPS) is 22.8. The van der Waals surface area contributed by atoms with Crippen molar-refractivity contribution in [2.75, 3.05) is 11.4 Å². The molecule has 1 saturated heterocycles. The van der Waals surface area contributed by atoms with Gasteiger partial charge < -0.3 is 15.2 Å². The molecule has 1 aromatic heterocycles. The monoisotopic (exact) mass is 348 g/mol. The smallest absolute Gasteiger partial charge is 0.239 e. The lowest BCUT2D eigenvalue weighted by Gasteiger charge is -2.18. The highest BCUT2D eigenvalue weighted by molar-refractivity contribution is 5.99. The first-order chi connectivity index (χ1) is 12.0. The van der Waals surface area contributed by atoms with E-state index in [4.69, 9.17) is 10.3 Å². The van der Waals surface area contributed by atoms with Crippen LogP contribution in [0.3, 0.4) is 0 Å². The predicted molar refractivity (Wildman–Crippen MR) is 84.7 cm³/mol. The van der Waals surface area contributed by atoms with Crippen LogP contribution in [-0.2, 0) is 10.3 Å². The summed E-state index contributed by atoms with van der Waals surface area (Å²) in [6.07, 6.45) is 4.10. The lowest BCUT2D eigenvalue weighted by Crippen LogP contribution is -2.34. The van der Waals surface area contributed by atoms with Crippen LogP contribution in [-0.4, -0.2) is 22.6 Å². The van der Waals surface area contributed by atoms with Gasteiger partial charge in [0, 0.05) is 18.3 Å². The summed E-state index contributed by atoms with van der Waals surface area (Å²) in [4.78, 5) is 18.4. The first kappa shape index (κ1) is 16.1. The second-order valence-electron chi connectivity index (χ2n) is 6.75. The molecule has 1 amide bonds. The van der Waals surface area contributed by atoms with Crippen molar-refractivity contribution >= 4 is 11.6 Å². The molecule has 1 saturated carbocycles. The number of rotatable bonds is 3. The summed E-state index contributed by atoms with van der Waals surface area (Å²) in [6, 6.07) is 3.40. The minimum Gasteiger partial charge on any atom is -0.338 e. The van der Waals surface area contributed by atoms with Crippen LogP contribution < -0.4 is 10.6 Å². The maximum absolute atomic E-state index is 13.4. The summed E-state index contributed by atoms with van der Waals surface area (Å²) in [7, 11) is 0. The number of amides is 1. The van der Waals surface area contributed by atoms with Gasteiger partial charge >= 0.3 is 0 Å². The van der Waals surface area contributed by atoms with Crippen molar-refractivity contribution in [1.29, 1.82) is 0 Å². The number of nitrogens with two attached hydrogens (primary N) is 1. The Morgan fingerprint density at radius 3 is 2.72 bits per heavy atom. The Balaban J connectivity index is 1.56. The van der Waals surface area contributed by atoms with Crippen LogP contribution in [0.15, 0.2) is 22.7 Å². The van der Waals surface area contributed by atoms with Crippen LogP contribution in [0.2, 0.25) is 0 Å². The van der Waals surface area contributed by atoms with Crippen LogP contribution in [0.4, 0.5) is 14.5 Å². The Morgan fingerprint density at radius 1 is 1.24 bits per heavy atom. The van der Waals surface area contributed by atoms with Crippen molar-refractivity contribution in [2.24, 2.45) is 5.73 Å². The average molecular weight is 348 g/mol. The highest BCUT2D eigenvalue weighted by atomic mass is 19.2. The molecule has 4 rings (SSSR count). The SMILES string of the molecule is NC1(c2noc(C3CCN(c4ccc(F)c(F)c4)C3=O)n2)CCCC1. The van der Waals surface area contributed by atoms with Gasteiger partial charge in [-0.25, -0.2) is 8.78 Å². The van der Waals surface area contributed by atoms with Gasteiger partial charge in [-0.3, -0.25) is 4.79 Å². The molecular formula is C17H18F2N4O2. The van der Waals surface area contributed by atoms with Gasteiger partial charge in [0.05, 0.1) is 5.54 Å². The summed E-state index contributed by atoms with van der Waals surface area (Å²) in [5.74, 6) is -2.10. The largest absolute Gasteiger partial charge is 0.338 e. The molecule has 6 nitrogen and oxygen atoms in total. The first-order valence-electron chi connectivity index (χ1n) is 8.37. The summed E-state index contributed by atoms with van der Waals surface area (Å²) in [5, 5.41) is 3.98. The number of aromatic nitrogens is 2. The average Bonchev–Trinajstić information content (AvgIpc) is 3.30.